The van der Waals surface area contributed by atoms with Gasteiger partial charge in [-0.3, -0.25) is 4.68 Å². The molecule has 92 valence electrons. The lowest BCUT2D eigenvalue weighted by Crippen LogP contribution is -2.22. The molecule has 0 bridgehead atoms. The fourth-order valence-electron chi connectivity index (χ4n) is 1.17. The maximum Gasteiger partial charge on any atom is 0.0719 e. The number of hydrogen-bond acceptors (Lipinski definition) is 4. The minimum absolute atomic E-state index is 0.0974. The van der Waals surface area contributed by atoms with Gasteiger partial charge >= 0.3 is 0 Å². The predicted molar refractivity (Wildman–Crippen MR) is 63.2 cm³/mol. The largest absolute Gasteiger partial charge is 0.396 e. The highest BCUT2D eigenvalue weighted by molar-refractivity contribution is 5.30. The highest BCUT2D eigenvalue weighted by Crippen LogP contribution is 2.05. The fourth-order valence-corrected chi connectivity index (χ4v) is 1.17. The molecule has 5 heteroatoms. The molecule has 0 unspecified atom stereocenters. The molecular weight excluding hydrogens is 206 g/mol. The maximum atomic E-state index is 5.53. The summed E-state index contributed by atoms with van der Waals surface area (Å²) < 4.78 is 12.7. The van der Waals surface area contributed by atoms with Crippen molar-refractivity contribution in [2.24, 2.45) is 0 Å². The molecule has 5 nitrogen and oxygen atoms in total. The number of nitrogen functional groups attached to an aromatic ring is 1. The van der Waals surface area contributed by atoms with Crippen LogP contribution in [0.15, 0.2) is 12.4 Å². The van der Waals surface area contributed by atoms with Crippen molar-refractivity contribution >= 4 is 5.69 Å². The zero-order chi connectivity index (χ0) is 12.0. The Balaban J connectivity index is 2.00. The quantitative estimate of drug-likeness (QED) is 0.744. The van der Waals surface area contributed by atoms with Gasteiger partial charge in [-0.15, -0.1) is 0 Å². The molecule has 0 spiro atoms. The SMILES string of the molecule is CC(C)(C)OCCOCCn1cc(N)cn1. The molecule has 0 aromatic carbocycles. The van der Waals surface area contributed by atoms with E-state index in [9.17, 15) is 0 Å². The van der Waals surface area contributed by atoms with Gasteiger partial charge in [0.2, 0.25) is 0 Å². The molecule has 0 radical (unpaired) electrons. The zero-order valence-corrected chi connectivity index (χ0v) is 10.3. The van der Waals surface area contributed by atoms with Crippen LogP contribution in [0.5, 0.6) is 0 Å². The summed E-state index contributed by atoms with van der Waals surface area (Å²) in [6.07, 6.45) is 3.41. The van der Waals surface area contributed by atoms with Gasteiger partial charge in [0.15, 0.2) is 0 Å². The van der Waals surface area contributed by atoms with Crippen molar-refractivity contribution in [3.8, 4) is 0 Å². The highest BCUT2D eigenvalue weighted by atomic mass is 16.5. The van der Waals surface area contributed by atoms with Crippen LogP contribution in [-0.4, -0.2) is 35.2 Å². The molecule has 0 atom stereocenters. The maximum absolute atomic E-state index is 5.53. The molecule has 0 saturated heterocycles. The molecule has 0 aliphatic heterocycles. The zero-order valence-electron chi connectivity index (χ0n) is 10.3. The van der Waals surface area contributed by atoms with Gasteiger partial charge in [-0.05, 0) is 20.8 Å². The van der Waals surface area contributed by atoms with E-state index in [-0.39, 0.29) is 5.60 Å². The summed E-state index contributed by atoms with van der Waals surface area (Å²) in [7, 11) is 0. The molecule has 2 N–H and O–H groups in total. The van der Waals surface area contributed by atoms with E-state index >= 15 is 0 Å². The van der Waals surface area contributed by atoms with Gasteiger partial charge in [-0.1, -0.05) is 0 Å². The van der Waals surface area contributed by atoms with Crippen LogP contribution in [0.1, 0.15) is 20.8 Å². The van der Waals surface area contributed by atoms with Gasteiger partial charge in [0.1, 0.15) is 0 Å². The summed E-state index contributed by atoms with van der Waals surface area (Å²) in [5.41, 5.74) is 6.11. The summed E-state index contributed by atoms with van der Waals surface area (Å²) in [6, 6.07) is 0. The van der Waals surface area contributed by atoms with Crippen LogP contribution in [0, 0.1) is 0 Å². The van der Waals surface area contributed by atoms with Crippen LogP contribution in [0.25, 0.3) is 0 Å². The van der Waals surface area contributed by atoms with E-state index < -0.39 is 0 Å². The molecule has 1 rings (SSSR count). The van der Waals surface area contributed by atoms with Crippen LogP contribution in [0.3, 0.4) is 0 Å². The summed E-state index contributed by atoms with van der Waals surface area (Å²) in [4.78, 5) is 0. The standard InChI is InChI=1S/C11H21N3O2/c1-11(2,3)16-7-6-15-5-4-14-9-10(12)8-13-14/h8-9H,4-7,12H2,1-3H3. The average Bonchev–Trinajstić information content (AvgIpc) is 2.56. The Hall–Kier alpha value is -1.07. The van der Waals surface area contributed by atoms with Crippen molar-refractivity contribution < 1.29 is 9.47 Å². The van der Waals surface area contributed by atoms with E-state index in [1.807, 2.05) is 20.8 Å². The van der Waals surface area contributed by atoms with Crippen molar-refractivity contribution in [2.45, 2.75) is 32.9 Å². The molecule has 1 heterocycles. The molecule has 0 fully saturated rings. The van der Waals surface area contributed by atoms with Crippen molar-refractivity contribution in [1.82, 2.24) is 9.78 Å². The average molecular weight is 227 g/mol. The molecule has 0 aliphatic rings. The summed E-state index contributed by atoms with van der Waals surface area (Å²) in [5, 5.41) is 4.05. The van der Waals surface area contributed by atoms with Crippen molar-refractivity contribution in [3.05, 3.63) is 12.4 Å². The first-order valence-electron chi connectivity index (χ1n) is 5.47. The van der Waals surface area contributed by atoms with E-state index in [4.69, 9.17) is 15.2 Å². The Morgan fingerprint density at radius 1 is 1.31 bits per heavy atom. The molecule has 0 amide bonds. The smallest absolute Gasteiger partial charge is 0.0719 e. The minimum atomic E-state index is -0.0974. The first kappa shape index (κ1) is 13.0. The highest BCUT2D eigenvalue weighted by Gasteiger charge is 2.08. The van der Waals surface area contributed by atoms with Crippen molar-refractivity contribution in [3.63, 3.8) is 0 Å². The first-order chi connectivity index (χ1) is 7.47. The number of aromatic nitrogens is 2. The minimum Gasteiger partial charge on any atom is -0.396 e. The Labute approximate surface area is 96.5 Å². The summed E-state index contributed by atoms with van der Waals surface area (Å²) in [5.74, 6) is 0. The second-order valence-electron chi connectivity index (χ2n) is 4.61. The van der Waals surface area contributed by atoms with Crippen LogP contribution >= 0.6 is 0 Å². The van der Waals surface area contributed by atoms with Crippen LogP contribution in [-0.2, 0) is 16.0 Å². The van der Waals surface area contributed by atoms with Crippen molar-refractivity contribution in [2.75, 3.05) is 25.6 Å². The van der Waals surface area contributed by atoms with E-state index in [0.29, 0.717) is 32.1 Å². The van der Waals surface area contributed by atoms with E-state index in [1.165, 1.54) is 0 Å². The van der Waals surface area contributed by atoms with Gasteiger partial charge < -0.3 is 15.2 Å². The number of anilines is 1. The van der Waals surface area contributed by atoms with Gasteiger partial charge in [-0.2, -0.15) is 5.10 Å². The van der Waals surface area contributed by atoms with Gasteiger partial charge in [-0.25, -0.2) is 0 Å². The van der Waals surface area contributed by atoms with Crippen molar-refractivity contribution in [1.29, 1.82) is 0 Å². The topological polar surface area (TPSA) is 62.3 Å². The summed E-state index contributed by atoms with van der Waals surface area (Å²) in [6.45, 7) is 8.64. The molecule has 16 heavy (non-hydrogen) atoms. The van der Waals surface area contributed by atoms with Crippen LogP contribution in [0.4, 0.5) is 5.69 Å². The lowest BCUT2D eigenvalue weighted by molar-refractivity contribution is -0.0358. The van der Waals surface area contributed by atoms with Crippen LogP contribution < -0.4 is 5.73 Å². The number of nitrogens with two attached hydrogens (primary N) is 1. The third-order valence-electron chi connectivity index (χ3n) is 1.88. The second-order valence-corrected chi connectivity index (χ2v) is 4.61. The predicted octanol–water partition coefficient (Wildman–Crippen LogP) is 1.30. The fraction of sp³-hybridized carbons (Fsp3) is 0.727. The normalized spacial score (nSPS) is 11.9. The Kier molecular flexibility index (Phi) is 4.76. The number of rotatable bonds is 6. The third kappa shape index (κ3) is 5.72. The first-order valence-corrected chi connectivity index (χ1v) is 5.47. The Morgan fingerprint density at radius 2 is 2.06 bits per heavy atom. The molecule has 0 aliphatic carbocycles. The van der Waals surface area contributed by atoms with Gasteiger partial charge in [0, 0.05) is 6.20 Å². The third-order valence-corrected chi connectivity index (χ3v) is 1.88. The number of hydrogen-bond donors (Lipinski definition) is 1. The van der Waals surface area contributed by atoms with Gasteiger partial charge in [0.25, 0.3) is 0 Å². The molecular formula is C11H21N3O2. The van der Waals surface area contributed by atoms with Crippen LogP contribution in [0.2, 0.25) is 0 Å². The second kappa shape index (κ2) is 5.86. The molecule has 1 aromatic rings. The number of ether oxygens (including phenoxy) is 2. The van der Waals surface area contributed by atoms with E-state index in [2.05, 4.69) is 5.10 Å². The Bertz CT molecular complexity index is 304. The number of nitrogens with zero attached hydrogens (tertiary/aromatic N) is 2. The lowest BCUT2D eigenvalue weighted by Gasteiger charge is -2.19. The molecule has 1 aromatic heterocycles. The summed E-state index contributed by atoms with van der Waals surface area (Å²) >= 11 is 0. The van der Waals surface area contributed by atoms with E-state index in [0.717, 1.165) is 0 Å². The van der Waals surface area contributed by atoms with Gasteiger partial charge in [0.05, 0.1) is 43.9 Å². The van der Waals surface area contributed by atoms with E-state index in [1.54, 1.807) is 17.1 Å². The lowest BCUT2D eigenvalue weighted by atomic mass is 10.2. The Morgan fingerprint density at radius 3 is 2.62 bits per heavy atom. The monoisotopic (exact) mass is 227 g/mol. The molecule has 0 saturated carbocycles.